The van der Waals surface area contributed by atoms with Crippen LogP contribution in [0.2, 0.25) is 0 Å². The molecular weight excluding hydrogens is 256 g/mol. The van der Waals surface area contributed by atoms with Gasteiger partial charge < -0.3 is 4.55 Å². The number of nitrogens with zero attached hydrogens (tertiary/aromatic N) is 1. The highest BCUT2D eigenvalue weighted by Gasteiger charge is 1.95. The summed E-state index contributed by atoms with van der Waals surface area (Å²) in [6, 6.07) is 0. The average molecular weight is 278 g/mol. The zero-order chi connectivity index (χ0) is 13.9. The Hall–Kier alpha value is -0.920. The Kier molecular flexibility index (Phi) is 9.53. The zero-order valence-electron chi connectivity index (χ0n) is 10.7. The first-order chi connectivity index (χ1) is 8.43. The first kappa shape index (κ1) is 17.1. The van der Waals surface area contributed by atoms with Crippen LogP contribution in [0.15, 0.2) is 18.7 Å². The first-order valence-electron chi connectivity index (χ1n) is 6.13. The third-order valence-corrected chi connectivity index (χ3v) is 2.37. The molecule has 0 saturated heterocycles. The van der Waals surface area contributed by atoms with E-state index in [2.05, 4.69) is 22.7 Å². The molecule has 2 N–H and O–H groups in total. The second-order valence-electron chi connectivity index (χ2n) is 4.04. The summed E-state index contributed by atoms with van der Waals surface area (Å²) in [5.74, 6) is 0. The highest BCUT2D eigenvalue weighted by molar-refractivity contribution is 7.79. The molecule has 1 aromatic heterocycles. The van der Waals surface area contributed by atoms with Gasteiger partial charge in [-0.1, -0.05) is 32.6 Å². The summed E-state index contributed by atoms with van der Waals surface area (Å²) < 4.78 is 35.0. The second kappa shape index (κ2) is 10.0. The molecule has 0 aliphatic rings. The van der Waals surface area contributed by atoms with E-state index in [-0.39, 0.29) is 0 Å². The molecule has 1 aromatic rings. The second-order valence-corrected chi connectivity index (χ2v) is 4.90. The van der Waals surface area contributed by atoms with Gasteiger partial charge in [0.05, 0.1) is 6.54 Å². The molecule has 0 aromatic carbocycles. The molecule has 0 fully saturated rings. The fourth-order valence-electron chi connectivity index (χ4n) is 1.53. The van der Waals surface area contributed by atoms with E-state index in [4.69, 9.17) is 17.5 Å². The molecule has 0 spiro atoms. The zero-order valence-corrected chi connectivity index (χ0v) is 11.5. The Morgan fingerprint density at radius 2 is 1.78 bits per heavy atom. The Morgan fingerprint density at radius 3 is 2.28 bits per heavy atom. The van der Waals surface area contributed by atoms with Crippen LogP contribution in [0.25, 0.3) is 0 Å². The summed E-state index contributed by atoms with van der Waals surface area (Å²) >= 11 is 0. The van der Waals surface area contributed by atoms with Crippen LogP contribution in [-0.2, 0) is 16.9 Å². The van der Waals surface area contributed by atoms with Crippen LogP contribution >= 0.6 is 0 Å². The minimum absolute atomic E-state index is 1.16. The smallest absolute Gasteiger partial charge is 0.241 e. The van der Waals surface area contributed by atoms with E-state index in [1.807, 2.05) is 12.5 Å². The van der Waals surface area contributed by atoms with Crippen LogP contribution in [-0.4, -0.2) is 22.5 Å². The monoisotopic (exact) mass is 278 g/mol. The summed E-state index contributed by atoms with van der Waals surface area (Å²) in [7, 11) is -4.92. The first-order valence-corrected chi connectivity index (χ1v) is 7.50. The quantitative estimate of drug-likeness (QED) is 0.343. The van der Waals surface area contributed by atoms with Crippen LogP contribution in [0.3, 0.4) is 0 Å². The number of aromatic nitrogens is 2. The number of nitrogens with one attached hydrogen (secondary N) is 1. The van der Waals surface area contributed by atoms with E-state index in [0.717, 1.165) is 6.54 Å². The third kappa shape index (κ3) is 15.1. The fourth-order valence-corrected chi connectivity index (χ4v) is 1.53. The molecular formula is C11H22N2O4S. The highest BCUT2D eigenvalue weighted by Crippen LogP contribution is 2.04. The highest BCUT2D eigenvalue weighted by atomic mass is 32.3. The van der Waals surface area contributed by atoms with E-state index in [1.54, 1.807) is 0 Å². The van der Waals surface area contributed by atoms with Crippen molar-refractivity contribution < 1.29 is 22.1 Å². The van der Waals surface area contributed by atoms with Gasteiger partial charge in [-0.2, -0.15) is 0 Å². The van der Waals surface area contributed by atoms with Crippen molar-refractivity contribution in [1.82, 2.24) is 4.98 Å². The summed E-state index contributed by atoms with van der Waals surface area (Å²) in [5, 5.41) is 0. The Bertz CT molecular complexity index is 368. The minimum Gasteiger partial charge on any atom is -0.726 e. The third-order valence-electron chi connectivity index (χ3n) is 2.37. The van der Waals surface area contributed by atoms with Crippen molar-refractivity contribution in [3.05, 3.63) is 18.7 Å². The topological polar surface area (TPSA) is 97.1 Å². The summed E-state index contributed by atoms with van der Waals surface area (Å²) in [5.41, 5.74) is 0. The molecule has 0 saturated carbocycles. The van der Waals surface area contributed by atoms with Gasteiger partial charge in [0.25, 0.3) is 0 Å². The number of H-pyrrole nitrogens is 1. The fraction of sp³-hybridized carbons (Fsp3) is 0.727. The lowest BCUT2D eigenvalue weighted by Gasteiger charge is -1.98. The maximum atomic E-state index is 8.63. The predicted molar refractivity (Wildman–Crippen MR) is 66.7 cm³/mol. The van der Waals surface area contributed by atoms with Crippen molar-refractivity contribution in [2.45, 2.75) is 52.0 Å². The van der Waals surface area contributed by atoms with E-state index in [1.165, 1.54) is 38.5 Å². The molecule has 18 heavy (non-hydrogen) atoms. The van der Waals surface area contributed by atoms with Gasteiger partial charge in [-0.05, 0) is 12.8 Å². The van der Waals surface area contributed by atoms with E-state index in [9.17, 15) is 0 Å². The number of aryl methyl sites for hydroxylation is 1. The number of aromatic amines is 1. The molecule has 6 nitrogen and oxygen atoms in total. The van der Waals surface area contributed by atoms with Crippen molar-refractivity contribution >= 4 is 10.4 Å². The lowest BCUT2D eigenvalue weighted by atomic mass is 10.1. The molecule has 1 heterocycles. The molecule has 1 rings (SSSR count). The van der Waals surface area contributed by atoms with Crippen molar-refractivity contribution in [3.63, 3.8) is 0 Å². The average Bonchev–Trinajstić information content (AvgIpc) is 2.73. The molecule has 7 heteroatoms. The largest absolute Gasteiger partial charge is 0.726 e. The van der Waals surface area contributed by atoms with Crippen LogP contribution in [0.4, 0.5) is 0 Å². The molecule has 0 atom stereocenters. The summed E-state index contributed by atoms with van der Waals surface area (Å²) in [6.45, 7) is 3.42. The van der Waals surface area contributed by atoms with E-state index in [0.29, 0.717) is 0 Å². The Balaban J connectivity index is 0.000000494. The van der Waals surface area contributed by atoms with Gasteiger partial charge >= 0.3 is 0 Å². The van der Waals surface area contributed by atoms with E-state index >= 15 is 0 Å². The number of rotatable bonds is 7. The SMILES string of the molecule is CCCCCCCC[n+]1cc[nH]c1.O=S(=O)([O-])O. The molecule has 106 valence electrons. The van der Waals surface area contributed by atoms with Gasteiger partial charge in [-0.15, -0.1) is 0 Å². The normalized spacial score (nSPS) is 10.8. The number of unbranched alkanes of at least 4 members (excludes halogenated alkanes) is 5. The summed E-state index contributed by atoms with van der Waals surface area (Å²) in [6.07, 6.45) is 14.3. The van der Waals surface area contributed by atoms with Gasteiger partial charge in [-0.25, -0.2) is 13.0 Å². The Morgan fingerprint density at radius 1 is 1.22 bits per heavy atom. The number of hydrogen-bond acceptors (Lipinski definition) is 3. The number of hydrogen-bond donors (Lipinski definition) is 2. The van der Waals surface area contributed by atoms with Crippen molar-refractivity contribution in [2.75, 3.05) is 0 Å². The lowest BCUT2D eigenvalue weighted by molar-refractivity contribution is -0.696. The maximum Gasteiger partial charge on any atom is 0.241 e. The van der Waals surface area contributed by atoms with Gasteiger partial charge in [0, 0.05) is 0 Å². The molecule has 0 bridgehead atoms. The maximum absolute atomic E-state index is 8.63. The number of imidazole rings is 1. The molecule has 0 aliphatic carbocycles. The van der Waals surface area contributed by atoms with Crippen molar-refractivity contribution in [2.24, 2.45) is 0 Å². The van der Waals surface area contributed by atoms with Gasteiger partial charge in [0.2, 0.25) is 16.7 Å². The standard InChI is InChI=1S/C11H20N2.H2O4S/c1-2-3-4-5-6-7-9-13-10-8-12-11-13;1-5(2,3)4/h8,10-11H,2-7,9H2,1H3;(H2,1,2,3,4). The minimum atomic E-state index is -4.92. The Labute approximate surface area is 109 Å². The molecule has 0 aliphatic heterocycles. The van der Waals surface area contributed by atoms with Crippen LogP contribution < -0.4 is 4.57 Å². The summed E-state index contributed by atoms with van der Waals surface area (Å²) in [4.78, 5) is 3.05. The van der Waals surface area contributed by atoms with Crippen LogP contribution in [0.5, 0.6) is 0 Å². The van der Waals surface area contributed by atoms with Crippen molar-refractivity contribution in [3.8, 4) is 0 Å². The van der Waals surface area contributed by atoms with Crippen molar-refractivity contribution in [1.29, 1.82) is 0 Å². The van der Waals surface area contributed by atoms with Gasteiger partial charge in [0.1, 0.15) is 12.4 Å². The predicted octanol–water partition coefficient (Wildman–Crippen LogP) is 1.67. The molecule has 0 amide bonds. The van der Waals surface area contributed by atoms with Gasteiger partial charge in [-0.3, -0.25) is 9.54 Å². The van der Waals surface area contributed by atoms with E-state index < -0.39 is 10.4 Å². The van der Waals surface area contributed by atoms with Crippen LogP contribution in [0.1, 0.15) is 45.4 Å². The molecule has 0 unspecified atom stereocenters. The van der Waals surface area contributed by atoms with Gasteiger partial charge in [0.15, 0.2) is 0 Å². The van der Waals surface area contributed by atoms with Crippen LogP contribution in [0, 0.1) is 0 Å². The molecule has 0 radical (unpaired) electrons. The lowest BCUT2D eigenvalue weighted by Crippen LogP contribution is -2.30.